The Balaban J connectivity index is 0.0000144. The minimum Gasteiger partial charge on any atom is -1.00 e. The van der Waals surface area contributed by atoms with Gasteiger partial charge in [-0.3, -0.25) is 4.79 Å². The van der Waals surface area contributed by atoms with Crippen molar-refractivity contribution < 1.29 is 31.0 Å². The second-order valence-corrected chi connectivity index (χ2v) is 12.3. The number of hydrogen-bond acceptors (Lipinski definition) is 2. The molecule has 0 spiro atoms. The van der Waals surface area contributed by atoms with Crippen LogP contribution >= 0.6 is 0 Å². The lowest BCUT2D eigenvalue weighted by molar-refractivity contribution is -0.890. The fraction of sp³-hybridized carbons (Fsp3) is 0.800. The molecule has 228 valence electrons. The Morgan fingerprint density at radius 1 is 0.615 bits per heavy atom. The van der Waals surface area contributed by atoms with Crippen LogP contribution in [-0.2, 0) is 16.0 Å². The Morgan fingerprint density at radius 2 is 1.08 bits per heavy atom. The van der Waals surface area contributed by atoms with E-state index in [-0.39, 0.29) is 23.0 Å². The number of aryl methyl sites for hydroxylation is 1. The first kappa shape index (κ1) is 38.1. The largest absolute Gasteiger partial charge is 1.00 e. The highest BCUT2D eigenvalue weighted by Gasteiger charge is 2.15. The van der Waals surface area contributed by atoms with Crippen molar-refractivity contribution in [1.82, 2.24) is 0 Å². The molecular weight excluding hydrogens is 546 g/mol. The molecule has 0 atom stereocenters. The number of ether oxygens (including phenoxy) is 1. The van der Waals surface area contributed by atoms with Crippen molar-refractivity contribution in [3.63, 3.8) is 0 Å². The summed E-state index contributed by atoms with van der Waals surface area (Å²) in [6.45, 7) is 4.95. The molecule has 4 heteroatoms. The van der Waals surface area contributed by atoms with Crippen LogP contribution in [-0.4, -0.2) is 44.2 Å². The molecule has 1 aromatic rings. The molecule has 0 aliphatic carbocycles. The van der Waals surface area contributed by atoms with Crippen molar-refractivity contribution in [1.29, 1.82) is 0 Å². The molecule has 0 heterocycles. The van der Waals surface area contributed by atoms with Gasteiger partial charge in [0.25, 0.3) is 0 Å². The summed E-state index contributed by atoms with van der Waals surface area (Å²) in [7, 11) is 4.53. The number of benzene rings is 1. The first-order valence-corrected chi connectivity index (χ1v) is 16.5. The van der Waals surface area contributed by atoms with Gasteiger partial charge >= 0.3 is 5.97 Å². The van der Waals surface area contributed by atoms with Crippen LogP contribution in [0.3, 0.4) is 0 Å². The first-order chi connectivity index (χ1) is 18.5. The summed E-state index contributed by atoms with van der Waals surface area (Å²) >= 11 is 0. The Morgan fingerprint density at radius 3 is 1.62 bits per heavy atom. The molecule has 0 aliphatic rings. The number of carbonyl (C=O) groups excluding carboxylic acids is 1. The van der Waals surface area contributed by atoms with Gasteiger partial charge in [0.05, 0.1) is 20.6 Å². The standard InChI is InChI=1S/C35H64NO2.BrH/c1-4-5-6-7-8-17-20-26-31-36(2,3)32-33-38-35(37)30-25-19-16-14-12-10-9-11-13-15-18-22-27-34-28-23-21-24-29-34;/h21,23-24,28-29H,4-20,22,25-27,30-33H2,1-3H3;1H/q+1;/p-1. The van der Waals surface area contributed by atoms with E-state index >= 15 is 0 Å². The van der Waals surface area contributed by atoms with Gasteiger partial charge in [0.1, 0.15) is 13.2 Å². The SMILES string of the molecule is CCCCCCCCCC[N+](C)(C)CCOC(=O)CCCCCCCCCCCCCCc1ccccc1.[Br-]. The highest BCUT2D eigenvalue weighted by atomic mass is 79.9. The highest BCUT2D eigenvalue weighted by molar-refractivity contribution is 5.69. The van der Waals surface area contributed by atoms with Crippen molar-refractivity contribution in [3.8, 4) is 0 Å². The number of unbranched alkanes of at least 4 members (excludes halogenated alkanes) is 18. The van der Waals surface area contributed by atoms with Crippen molar-refractivity contribution in [2.24, 2.45) is 0 Å². The maximum Gasteiger partial charge on any atom is 0.305 e. The summed E-state index contributed by atoms with van der Waals surface area (Å²) in [5, 5.41) is 0. The van der Waals surface area contributed by atoms with Crippen LogP contribution in [0.5, 0.6) is 0 Å². The average Bonchev–Trinajstić information content (AvgIpc) is 2.91. The summed E-state index contributed by atoms with van der Waals surface area (Å²) in [6.07, 6.45) is 28.4. The number of quaternary nitrogens is 1. The van der Waals surface area contributed by atoms with Crippen LogP contribution in [0.4, 0.5) is 0 Å². The summed E-state index contributed by atoms with van der Waals surface area (Å²) < 4.78 is 6.49. The van der Waals surface area contributed by atoms with E-state index in [1.165, 1.54) is 134 Å². The van der Waals surface area contributed by atoms with E-state index in [4.69, 9.17) is 4.74 Å². The normalized spacial score (nSPS) is 11.4. The van der Waals surface area contributed by atoms with Gasteiger partial charge in [-0.1, -0.05) is 140 Å². The molecule has 0 radical (unpaired) electrons. The zero-order valence-electron chi connectivity index (χ0n) is 26.2. The monoisotopic (exact) mass is 609 g/mol. The Kier molecular flexibility index (Phi) is 26.7. The molecule has 0 unspecified atom stereocenters. The van der Waals surface area contributed by atoms with Gasteiger partial charge in [-0.15, -0.1) is 0 Å². The highest BCUT2D eigenvalue weighted by Crippen LogP contribution is 2.14. The van der Waals surface area contributed by atoms with Gasteiger partial charge in [-0.2, -0.15) is 0 Å². The lowest BCUT2D eigenvalue weighted by atomic mass is 10.0. The second kappa shape index (κ2) is 27.3. The Hall–Kier alpha value is -0.870. The van der Waals surface area contributed by atoms with E-state index in [1.54, 1.807) is 0 Å². The van der Waals surface area contributed by atoms with E-state index in [0.717, 1.165) is 23.9 Å². The van der Waals surface area contributed by atoms with Gasteiger partial charge in [0, 0.05) is 6.42 Å². The molecule has 0 bridgehead atoms. The third-order valence-electron chi connectivity index (χ3n) is 8.02. The lowest BCUT2D eigenvalue weighted by Crippen LogP contribution is -3.00. The predicted octanol–water partition coefficient (Wildman–Crippen LogP) is 7.06. The molecule has 0 amide bonds. The zero-order chi connectivity index (χ0) is 27.6. The molecular formula is C35H64BrNO2. The summed E-state index contributed by atoms with van der Waals surface area (Å²) in [6, 6.07) is 10.9. The molecule has 0 aromatic heterocycles. The van der Waals surface area contributed by atoms with Gasteiger partial charge < -0.3 is 26.2 Å². The van der Waals surface area contributed by atoms with Gasteiger partial charge in [0.15, 0.2) is 0 Å². The quantitative estimate of drug-likeness (QED) is 0.0606. The Bertz CT molecular complexity index is 649. The fourth-order valence-electron chi connectivity index (χ4n) is 5.28. The Labute approximate surface area is 254 Å². The van der Waals surface area contributed by atoms with E-state index in [1.807, 2.05) is 0 Å². The van der Waals surface area contributed by atoms with E-state index in [2.05, 4.69) is 51.4 Å². The second-order valence-electron chi connectivity index (χ2n) is 12.3. The molecule has 3 nitrogen and oxygen atoms in total. The number of carbonyl (C=O) groups is 1. The van der Waals surface area contributed by atoms with Gasteiger partial charge in [-0.05, 0) is 37.7 Å². The van der Waals surface area contributed by atoms with Crippen molar-refractivity contribution >= 4 is 5.97 Å². The number of esters is 1. The fourth-order valence-corrected chi connectivity index (χ4v) is 5.28. The van der Waals surface area contributed by atoms with E-state index in [0.29, 0.717) is 13.0 Å². The lowest BCUT2D eigenvalue weighted by Gasteiger charge is -2.29. The molecule has 39 heavy (non-hydrogen) atoms. The third-order valence-corrected chi connectivity index (χ3v) is 8.02. The number of halogens is 1. The summed E-state index contributed by atoms with van der Waals surface area (Å²) in [5.41, 5.74) is 1.48. The number of hydrogen-bond donors (Lipinski definition) is 0. The number of likely N-dealkylation sites (N-methyl/N-ethyl adjacent to an activating group) is 1. The molecule has 1 aromatic carbocycles. The van der Waals surface area contributed by atoms with E-state index in [9.17, 15) is 4.79 Å². The third kappa shape index (κ3) is 25.8. The van der Waals surface area contributed by atoms with Gasteiger partial charge in [0.2, 0.25) is 0 Å². The average molecular weight is 611 g/mol. The van der Waals surface area contributed by atoms with Crippen LogP contribution in [0.25, 0.3) is 0 Å². The van der Waals surface area contributed by atoms with Gasteiger partial charge in [-0.25, -0.2) is 0 Å². The molecule has 0 fully saturated rings. The minimum absolute atomic E-state index is 0. The van der Waals surface area contributed by atoms with Crippen LogP contribution in [0.2, 0.25) is 0 Å². The van der Waals surface area contributed by atoms with Crippen LogP contribution in [0.15, 0.2) is 30.3 Å². The first-order valence-electron chi connectivity index (χ1n) is 16.5. The maximum atomic E-state index is 12.1. The minimum atomic E-state index is 0. The molecule has 0 saturated heterocycles. The smallest absolute Gasteiger partial charge is 0.305 e. The summed E-state index contributed by atoms with van der Waals surface area (Å²) in [5.74, 6) is 0.000785. The van der Waals surface area contributed by atoms with Crippen LogP contribution < -0.4 is 17.0 Å². The number of rotatable bonds is 27. The van der Waals surface area contributed by atoms with Crippen molar-refractivity contribution in [2.75, 3.05) is 33.8 Å². The predicted molar refractivity (Wildman–Crippen MR) is 166 cm³/mol. The topological polar surface area (TPSA) is 26.3 Å². The molecule has 0 saturated carbocycles. The maximum absolute atomic E-state index is 12.1. The summed E-state index contributed by atoms with van der Waals surface area (Å²) in [4.78, 5) is 12.1. The van der Waals surface area contributed by atoms with E-state index < -0.39 is 0 Å². The molecule has 0 N–H and O–H groups in total. The molecule has 0 aliphatic heterocycles. The zero-order valence-corrected chi connectivity index (χ0v) is 27.8. The van der Waals surface area contributed by atoms with Crippen molar-refractivity contribution in [2.45, 2.75) is 148 Å². The van der Waals surface area contributed by atoms with Crippen LogP contribution in [0, 0.1) is 0 Å². The molecule has 1 rings (SSSR count). The van der Waals surface area contributed by atoms with Crippen molar-refractivity contribution in [3.05, 3.63) is 35.9 Å². The van der Waals surface area contributed by atoms with Crippen LogP contribution in [0.1, 0.15) is 147 Å². The number of nitrogens with zero attached hydrogens (tertiary/aromatic N) is 1.